The van der Waals surface area contributed by atoms with E-state index in [0.29, 0.717) is 12.8 Å². The molecular weight excluding hydrogens is 320 g/mol. The van der Waals surface area contributed by atoms with Crippen LogP contribution in [0.5, 0.6) is 0 Å². The second-order valence-electron chi connectivity index (χ2n) is 5.56. The van der Waals surface area contributed by atoms with Crippen molar-refractivity contribution in [3.8, 4) is 0 Å². The normalized spacial score (nSPS) is 18.3. The second-order valence-corrected chi connectivity index (χ2v) is 6.32. The van der Waals surface area contributed by atoms with Crippen LogP contribution in [0.2, 0.25) is 0 Å². The van der Waals surface area contributed by atoms with Gasteiger partial charge in [-0.15, -0.1) is 0 Å². The van der Waals surface area contributed by atoms with Gasteiger partial charge in [-0.3, -0.25) is 9.48 Å². The number of aliphatic carboxylic acids is 1. The highest BCUT2D eigenvalue weighted by Crippen LogP contribution is 2.43. The predicted octanol–water partition coefficient (Wildman–Crippen LogP) is 3.62. The van der Waals surface area contributed by atoms with E-state index in [1.54, 1.807) is 4.68 Å². The Hall–Kier alpha value is -1.36. The zero-order valence-corrected chi connectivity index (χ0v) is 13.0. The van der Waals surface area contributed by atoms with Crippen LogP contribution in [0.15, 0.2) is 22.8 Å². The molecular formula is C15H17BrN2O2. The van der Waals surface area contributed by atoms with E-state index < -0.39 is 11.4 Å². The summed E-state index contributed by atoms with van der Waals surface area (Å²) in [7, 11) is 1.87. The molecule has 0 atom stereocenters. The van der Waals surface area contributed by atoms with Gasteiger partial charge in [0.1, 0.15) is 4.60 Å². The zero-order valence-electron chi connectivity index (χ0n) is 11.4. The van der Waals surface area contributed by atoms with Crippen LogP contribution >= 0.6 is 15.9 Å². The molecule has 1 aliphatic rings. The van der Waals surface area contributed by atoms with Crippen LogP contribution < -0.4 is 0 Å². The van der Waals surface area contributed by atoms with Crippen LogP contribution in [0.3, 0.4) is 0 Å². The van der Waals surface area contributed by atoms with Gasteiger partial charge in [-0.25, -0.2) is 0 Å². The molecule has 0 saturated heterocycles. The van der Waals surface area contributed by atoms with E-state index in [9.17, 15) is 9.90 Å². The van der Waals surface area contributed by atoms with Crippen LogP contribution in [-0.4, -0.2) is 20.9 Å². The van der Waals surface area contributed by atoms with Gasteiger partial charge in [0.15, 0.2) is 0 Å². The van der Waals surface area contributed by atoms with Gasteiger partial charge in [0.25, 0.3) is 0 Å². The molecule has 0 unspecified atom stereocenters. The lowest BCUT2D eigenvalue weighted by atomic mass is 9.69. The highest BCUT2D eigenvalue weighted by atomic mass is 79.9. The molecule has 1 aromatic heterocycles. The van der Waals surface area contributed by atoms with Crippen molar-refractivity contribution in [1.29, 1.82) is 0 Å². The van der Waals surface area contributed by atoms with Gasteiger partial charge in [0, 0.05) is 12.4 Å². The lowest BCUT2D eigenvalue weighted by molar-refractivity contribution is -0.145. The first-order valence-electron chi connectivity index (χ1n) is 6.91. The zero-order chi connectivity index (χ0) is 14.3. The molecule has 106 valence electrons. The standard InChI is InChI=1S/C15H17BrN2O2/c1-18-12-10(13(16)17-18)6-5-7-11(12)15(14(19)20)8-3-2-4-9-15/h5-7H,2-4,8-9H2,1H3,(H,19,20). The Kier molecular flexibility index (Phi) is 3.32. The van der Waals surface area contributed by atoms with Gasteiger partial charge in [0.05, 0.1) is 10.9 Å². The fourth-order valence-electron chi connectivity index (χ4n) is 3.43. The number of aromatic nitrogens is 2. The summed E-state index contributed by atoms with van der Waals surface area (Å²) in [5.41, 5.74) is 1.08. The first-order valence-corrected chi connectivity index (χ1v) is 7.71. The van der Waals surface area contributed by atoms with Gasteiger partial charge in [-0.1, -0.05) is 37.5 Å². The Morgan fingerprint density at radius 1 is 1.35 bits per heavy atom. The average molecular weight is 337 g/mol. The summed E-state index contributed by atoms with van der Waals surface area (Å²) >= 11 is 3.45. The molecule has 1 aliphatic carbocycles. The minimum absolute atomic E-state index is 0.706. The number of halogens is 1. The van der Waals surface area contributed by atoms with Crippen molar-refractivity contribution in [3.63, 3.8) is 0 Å². The van der Waals surface area contributed by atoms with Gasteiger partial charge < -0.3 is 5.11 Å². The van der Waals surface area contributed by atoms with E-state index in [1.165, 1.54) is 0 Å². The number of fused-ring (bicyclic) bond motifs is 1. The molecule has 1 aromatic carbocycles. The van der Waals surface area contributed by atoms with Crippen LogP contribution in [0.1, 0.15) is 37.7 Å². The van der Waals surface area contributed by atoms with E-state index in [4.69, 9.17) is 0 Å². The minimum atomic E-state index is -0.759. The molecule has 5 heteroatoms. The van der Waals surface area contributed by atoms with Gasteiger partial charge in [-0.05, 0) is 34.3 Å². The SMILES string of the molecule is Cn1nc(Br)c2cccc(C3(C(=O)O)CCCCC3)c21. The molecule has 2 aromatic rings. The number of hydrogen-bond acceptors (Lipinski definition) is 2. The molecule has 1 N–H and O–H groups in total. The van der Waals surface area contributed by atoms with Crippen molar-refractivity contribution in [2.45, 2.75) is 37.5 Å². The van der Waals surface area contributed by atoms with Crippen molar-refractivity contribution in [1.82, 2.24) is 9.78 Å². The van der Waals surface area contributed by atoms with Crippen LogP contribution in [0.4, 0.5) is 0 Å². The Morgan fingerprint density at radius 3 is 2.70 bits per heavy atom. The highest BCUT2D eigenvalue weighted by molar-refractivity contribution is 9.10. The lowest BCUT2D eigenvalue weighted by Crippen LogP contribution is -2.38. The Morgan fingerprint density at radius 2 is 2.05 bits per heavy atom. The third kappa shape index (κ3) is 1.87. The average Bonchev–Trinajstić information content (AvgIpc) is 2.75. The molecule has 0 spiro atoms. The maximum Gasteiger partial charge on any atom is 0.314 e. The monoisotopic (exact) mass is 336 g/mol. The number of aryl methyl sites for hydroxylation is 1. The molecule has 1 heterocycles. The molecule has 0 bridgehead atoms. The van der Waals surface area contributed by atoms with Crippen LogP contribution in [-0.2, 0) is 17.3 Å². The fourth-order valence-corrected chi connectivity index (χ4v) is 3.99. The maximum absolute atomic E-state index is 12.0. The number of benzene rings is 1. The van der Waals surface area contributed by atoms with Crippen molar-refractivity contribution in [2.24, 2.45) is 7.05 Å². The second kappa shape index (κ2) is 4.88. The van der Waals surface area contributed by atoms with Gasteiger partial charge in [-0.2, -0.15) is 5.10 Å². The van der Waals surface area contributed by atoms with Gasteiger partial charge in [0.2, 0.25) is 0 Å². The summed E-state index contributed by atoms with van der Waals surface area (Å²) in [6.45, 7) is 0. The van der Waals surface area contributed by atoms with Crippen molar-refractivity contribution in [2.75, 3.05) is 0 Å². The van der Waals surface area contributed by atoms with E-state index in [2.05, 4.69) is 21.0 Å². The molecule has 0 aliphatic heterocycles. The summed E-state index contributed by atoms with van der Waals surface area (Å²) < 4.78 is 2.56. The number of nitrogens with zero attached hydrogens (tertiary/aromatic N) is 2. The quantitative estimate of drug-likeness (QED) is 0.911. The largest absolute Gasteiger partial charge is 0.481 e. The van der Waals surface area contributed by atoms with Gasteiger partial charge >= 0.3 is 5.97 Å². The number of para-hydroxylation sites is 1. The number of rotatable bonds is 2. The molecule has 4 nitrogen and oxygen atoms in total. The molecule has 3 rings (SSSR count). The Labute approximate surface area is 125 Å². The highest BCUT2D eigenvalue weighted by Gasteiger charge is 2.43. The molecule has 1 fully saturated rings. The number of carboxylic acids is 1. The van der Waals surface area contributed by atoms with Crippen molar-refractivity contribution in [3.05, 3.63) is 28.4 Å². The summed E-state index contributed by atoms with van der Waals surface area (Å²) in [6.07, 6.45) is 4.50. The third-order valence-electron chi connectivity index (χ3n) is 4.45. The molecule has 0 amide bonds. The smallest absolute Gasteiger partial charge is 0.314 e. The fraction of sp³-hybridized carbons (Fsp3) is 0.467. The number of carbonyl (C=O) groups is 1. The Bertz CT molecular complexity index is 672. The van der Waals surface area contributed by atoms with Crippen molar-refractivity contribution >= 4 is 32.8 Å². The first kappa shape index (κ1) is 13.6. The first-order chi connectivity index (χ1) is 9.56. The van der Waals surface area contributed by atoms with E-state index in [1.807, 2.05) is 25.2 Å². The predicted molar refractivity (Wildman–Crippen MR) is 80.8 cm³/mol. The minimum Gasteiger partial charge on any atom is -0.481 e. The number of carboxylic acid groups (broad SMARTS) is 1. The van der Waals surface area contributed by atoms with E-state index in [-0.39, 0.29) is 0 Å². The Balaban J connectivity index is 2.29. The third-order valence-corrected chi connectivity index (χ3v) is 5.04. The topological polar surface area (TPSA) is 55.1 Å². The van der Waals surface area contributed by atoms with Crippen LogP contribution in [0, 0.1) is 0 Å². The summed E-state index contributed by atoms with van der Waals surface area (Å²) in [5.74, 6) is -0.706. The number of hydrogen-bond donors (Lipinski definition) is 1. The van der Waals surface area contributed by atoms with Crippen LogP contribution in [0.25, 0.3) is 10.9 Å². The maximum atomic E-state index is 12.0. The van der Waals surface area contributed by atoms with E-state index in [0.717, 1.165) is 40.3 Å². The summed E-state index contributed by atoms with van der Waals surface area (Å²) in [5, 5.41) is 15.2. The van der Waals surface area contributed by atoms with Crippen molar-refractivity contribution < 1.29 is 9.90 Å². The van der Waals surface area contributed by atoms with E-state index >= 15 is 0 Å². The lowest BCUT2D eigenvalue weighted by Gasteiger charge is -2.34. The summed E-state index contributed by atoms with van der Waals surface area (Å²) in [4.78, 5) is 12.0. The molecule has 1 saturated carbocycles. The molecule has 20 heavy (non-hydrogen) atoms. The summed E-state index contributed by atoms with van der Waals surface area (Å²) in [6, 6.07) is 5.87. The molecule has 0 radical (unpaired) electrons.